The van der Waals surface area contributed by atoms with Crippen LogP contribution in [-0.4, -0.2) is 24.5 Å². The van der Waals surface area contributed by atoms with Crippen molar-refractivity contribution in [2.45, 2.75) is 53.0 Å². The van der Waals surface area contributed by atoms with Crippen molar-refractivity contribution < 1.29 is 0 Å². The molecule has 1 aromatic carbocycles. The Balaban J connectivity index is 2.13. The Bertz CT molecular complexity index is 433. The Labute approximate surface area is 130 Å². The van der Waals surface area contributed by atoms with Crippen LogP contribution in [0.15, 0.2) is 18.2 Å². The summed E-state index contributed by atoms with van der Waals surface area (Å²) in [7, 11) is 0. The first kappa shape index (κ1) is 16.5. The fraction of sp³-hybridized carbons (Fsp3) is 0.684. The van der Waals surface area contributed by atoms with Gasteiger partial charge in [-0.2, -0.15) is 0 Å². The van der Waals surface area contributed by atoms with Crippen LogP contribution < -0.4 is 5.73 Å². The molecular formula is C19H32N2. The Morgan fingerprint density at radius 1 is 1.10 bits per heavy atom. The molecule has 2 rings (SSSR count). The highest BCUT2D eigenvalue weighted by molar-refractivity contribution is 5.31. The highest BCUT2D eigenvalue weighted by atomic mass is 15.2. The number of rotatable bonds is 4. The molecule has 1 fully saturated rings. The summed E-state index contributed by atoms with van der Waals surface area (Å²) in [6.07, 6.45) is 4.00. The van der Waals surface area contributed by atoms with E-state index in [1.165, 1.54) is 49.0 Å². The first-order chi connectivity index (χ1) is 10.0. The molecule has 1 aliphatic heterocycles. The number of nitrogens with zero attached hydrogens (tertiary/aromatic N) is 1. The smallest absolute Gasteiger partial charge is 0.0470 e. The van der Waals surface area contributed by atoms with E-state index in [9.17, 15) is 0 Å². The molecule has 2 heteroatoms. The highest BCUT2D eigenvalue weighted by Gasteiger charge is 2.24. The normalized spacial score (nSPS) is 22.3. The van der Waals surface area contributed by atoms with Gasteiger partial charge in [-0.15, -0.1) is 0 Å². The number of nitrogens with two attached hydrogens (primary N) is 1. The number of aryl methyl sites for hydroxylation is 2. The zero-order valence-corrected chi connectivity index (χ0v) is 14.2. The summed E-state index contributed by atoms with van der Waals surface area (Å²) in [4.78, 5) is 2.62. The van der Waals surface area contributed by atoms with Crippen LogP contribution in [0.25, 0.3) is 0 Å². The van der Waals surface area contributed by atoms with Crippen LogP contribution >= 0.6 is 0 Å². The molecule has 0 saturated carbocycles. The predicted molar refractivity (Wildman–Crippen MR) is 91.5 cm³/mol. The lowest BCUT2D eigenvalue weighted by Crippen LogP contribution is -2.34. The van der Waals surface area contributed by atoms with E-state index < -0.39 is 0 Å². The molecule has 0 aromatic heterocycles. The fourth-order valence-electron chi connectivity index (χ4n) is 3.82. The summed E-state index contributed by atoms with van der Waals surface area (Å²) >= 11 is 0. The van der Waals surface area contributed by atoms with Crippen molar-refractivity contribution in [1.82, 2.24) is 4.90 Å². The summed E-state index contributed by atoms with van der Waals surface area (Å²) in [5.74, 6) is 1.69. The molecule has 0 amide bonds. The maximum absolute atomic E-state index is 6.14. The molecule has 1 aromatic rings. The SMILES string of the molecule is Cc1cc(C)cc(C(CN)N2CCCC(C(C)C)CC2)c1. The number of benzene rings is 1. The van der Waals surface area contributed by atoms with E-state index in [-0.39, 0.29) is 0 Å². The van der Waals surface area contributed by atoms with Crippen molar-refractivity contribution >= 4 is 0 Å². The van der Waals surface area contributed by atoms with Gasteiger partial charge in [0.25, 0.3) is 0 Å². The molecule has 0 radical (unpaired) electrons. The molecular weight excluding hydrogens is 256 g/mol. The van der Waals surface area contributed by atoms with Gasteiger partial charge in [-0.25, -0.2) is 0 Å². The lowest BCUT2D eigenvalue weighted by molar-refractivity contribution is 0.204. The first-order valence-electron chi connectivity index (χ1n) is 8.53. The maximum Gasteiger partial charge on any atom is 0.0470 e. The third-order valence-corrected chi connectivity index (χ3v) is 5.04. The van der Waals surface area contributed by atoms with Crippen molar-refractivity contribution in [3.05, 3.63) is 34.9 Å². The topological polar surface area (TPSA) is 29.3 Å². The molecule has 2 unspecified atom stereocenters. The molecule has 2 atom stereocenters. The zero-order valence-electron chi connectivity index (χ0n) is 14.2. The Morgan fingerprint density at radius 2 is 1.76 bits per heavy atom. The van der Waals surface area contributed by atoms with Crippen LogP contribution in [0, 0.1) is 25.7 Å². The third-order valence-electron chi connectivity index (χ3n) is 5.04. The zero-order chi connectivity index (χ0) is 15.4. The summed E-state index contributed by atoms with van der Waals surface area (Å²) in [6.45, 7) is 12.2. The van der Waals surface area contributed by atoms with E-state index in [2.05, 4.69) is 50.8 Å². The lowest BCUT2D eigenvalue weighted by Gasteiger charge is -2.31. The molecule has 0 aliphatic carbocycles. The Morgan fingerprint density at radius 3 is 2.33 bits per heavy atom. The van der Waals surface area contributed by atoms with Crippen LogP contribution in [0.5, 0.6) is 0 Å². The van der Waals surface area contributed by atoms with Crippen LogP contribution in [0.3, 0.4) is 0 Å². The average Bonchev–Trinajstić information content (AvgIpc) is 2.64. The highest BCUT2D eigenvalue weighted by Crippen LogP contribution is 2.29. The summed E-state index contributed by atoms with van der Waals surface area (Å²) < 4.78 is 0. The number of likely N-dealkylation sites (tertiary alicyclic amines) is 1. The van der Waals surface area contributed by atoms with Crippen molar-refractivity contribution in [1.29, 1.82) is 0 Å². The van der Waals surface area contributed by atoms with Gasteiger partial charge in [0.05, 0.1) is 0 Å². The van der Waals surface area contributed by atoms with E-state index in [1.54, 1.807) is 0 Å². The number of hydrogen-bond acceptors (Lipinski definition) is 2. The molecule has 1 aliphatic rings. The van der Waals surface area contributed by atoms with Gasteiger partial charge in [-0.3, -0.25) is 4.90 Å². The monoisotopic (exact) mass is 288 g/mol. The van der Waals surface area contributed by atoms with Gasteiger partial charge in [0.2, 0.25) is 0 Å². The fourth-order valence-corrected chi connectivity index (χ4v) is 3.82. The molecule has 21 heavy (non-hydrogen) atoms. The van der Waals surface area contributed by atoms with E-state index >= 15 is 0 Å². The van der Waals surface area contributed by atoms with E-state index in [4.69, 9.17) is 5.73 Å². The Kier molecular flexibility index (Phi) is 5.83. The van der Waals surface area contributed by atoms with Crippen molar-refractivity contribution in [3.63, 3.8) is 0 Å². The largest absolute Gasteiger partial charge is 0.329 e. The molecule has 2 N–H and O–H groups in total. The molecule has 0 spiro atoms. The maximum atomic E-state index is 6.14. The quantitative estimate of drug-likeness (QED) is 0.905. The van der Waals surface area contributed by atoms with E-state index in [0.717, 1.165) is 18.4 Å². The van der Waals surface area contributed by atoms with Gasteiger partial charge in [0, 0.05) is 12.6 Å². The minimum absolute atomic E-state index is 0.384. The molecule has 2 nitrogen and oxygen atoms in total. The molecule has 1 heterocycles. The summed E-state index contributed by atoms with van der Waals surface area (Å²) in [5, 5.41) is 0. The second-order valence-electron chi connectivity index (χ2n) is 7.14. The second-order valence-corrected chi connectivity index (χ2v) is 7.14. The van der Waals surface area contributed by atoms with Crippen LogP contribution in [-0.2, 0) is 0 Å². The van der Waals surface area contributed by atoms with Crippen molar-refractivity contribution in [2.24, 2.45) is 17.6 Å². The minimum atomic E-state index is 0.384. The summed E-state index contributed by atoms with van der Waals surface area (Å²) in [5.41, 5.74) is 10.2. The third kappa shape index (κ3) is 4.31. The van der Waals surface area contributed by atoms with Gasteiger partial charge in [0.1, 0.15) is 0 Å². The van der Waals surface area contributed by atoms with Gasteiger partial charge in [-0.1, -0.05) is 43.2 Å². The van der Waals surface area contributed by atoms with Gasteiger partial charge in [0.15, 0.2) is 0 Å². The minimum Gasteiger partial charge on any atom is -0.329 e. The van der Waals surface area contributed by atoms with Gasteiger partial charge in [-0.05, 0) is 63.6 Å². The van der Waals surface area contributed by atoms with Crippen LogP contribution in [0.2, 0.25) is 0 Å². The lowest BCUT2D eigenvalue weighted by atomic mass is 9.89. The standard InChI is InChI=1S/C19H32N2/c1-14(2)17-6-5-8-21(9-7-17)19(13-20)18-11-15(3)10-16(4)12-18/h10-12,14,17,19H,5-9,13,20H2,1-4H3. The number of hydrogen-bond donors (Lipinski definition) is 1. The van der Waals surface area contributed by atoms with Crippen LogP contribution in [0.4, 0.5) is 0 Å². The molecule has 118 valence electrons. The van der Waals surface area contributed by atoms with Crippen molar-refractivity contribution in [2.75, 3.05) is 19.6 Å². The Hall–Kier alpha value is -0.860. The molecule has 1 saturated heterocycles. The predicted octanol–water partition coefficient (Wildman–Crippen LogP) is 4.06. The average molecular weight is 288 g/mol. The van der Waals surface area contributed by atoms with Crippen molar-refractivity contribution in [3.8, 4) is 0 Å². The van der Waals surface area contributed by atoms with Gasteiger partial charge < -0.3 is 5.73 Å². The van der Waals surface area contributed by atoms with Gasteiger partial charge >= 0.3 is 0 Å². The first-order valence-corrected chi connectivity index (χ1v) is 8.53. The second kappa shape index (κ2) is 7.42. The molecule has 0 bridgehead atoms. The van der Waals surface area contributed by atoms with E-state index in [0.29, 0.717) is 6.04 Å². The van der Waals surface area contributed by atoms with Crippen LogP contribution in [0.1, 0.15) is 55.8 Å². The summed E-state index contributed by atoms with van der Waals surface area (Å²) in [6, 6.07) is 7.26. The van der Waals surface area contributed by atoms with E-state index in [1.807, 2.05) is 0 Å².